The maximum atomic E-state index is 12.4. The number of ether oxygens (including phenoxy) is 1. The van der Waals surface area contributed by atoms with Gasteiger partial charge in [0.25, 0.3) is 5.91 Å². The highest BCUT2D eigenvalue weighted by Crippen LogP contribution is 2.16. The van der Waals surface area contributed by atoms with Crippen LogP contribution in [0, 0.1) is 0 Å². The second-order valence-electron chi connectivity index (χ2n) is 5.17. The molecule has 0 aliphatic carbocycles. The van der Waals surface area contributed by atoms with Crippen LogP contribution in [0.15, 0.2) is 36.4 Å². The molecular formula is C17H21N3O4. The molecule has 0 saturated carbocycles. The van der Waals surface area contributed by atoms with E-state index >= 15 is 0 Å². The van der Waals surface area contributed by atoms with Crippen LogP contribution in [-0.2, 0) is 9.53 Å². The smallest absolute Gasteiger partial charge is 0.340 e. The molecule has 1 saturated heterocycles. The van der Waals surface area contributed by atoms with Crippen LogP contribution in [-0.4, -0.2) is 47.6 Å². The van der Waals surface area contributed by atoms with Gasteiger partial charge in [0.15, 0.2) is 0 Å². The minimum absolute atomic E-state index is 0.231. The molecule has 0 radical (unpaired) electrons. The molecule has 3 amide bonds. The van der Waals surface area contributed by atoms with Gasteiger partial charge in [0.2, 0.25) is 0 Å². The van der Waals surface area contributed by atoms with Gasteiger partial charge in [-0.15, -0.1) is 0 Å². The number of hydrazine groups is 1. The third kappa shape index (κ3) is 4.13. The summed E-state index contributed by atoms with van der Waals surface area (Å²) >= 11 is 0. The number of rotatable bonds is 4. The summed E-state index contributed by atoms with van der Waals surface area (Å²) in [4.78, 5) is 36.2. The van der Waals surface area contributed by atoms with Gasteiger partial charge in [0.1, 0.15) is 0 Å². The third-order valence-corrected chi connectivity index (χ3v) is 3.45. The van der Waals surface area contributed by atoms with Gasteiger partial charge in [-0.25, -0.2) is 19.6 Å². The van der Waals surface area contributed by atoms with Gasteiger partial charge >= 0.3 is 12.0 Å². The Labute approximate surface area is 140 Å². The first-order valence-electron chi connectivity index (χ1n) is 7.86. The average Bonchev–Trinajstić information content (AvgIpc) is 3.05. The van der Waals surface area contributed by atoms with Gasteiger partial charge in [-0.1, -0.05) is 12.1 Å². The monoisotopic (exact) mass is 331 g/mol. The van der Waals surface area contributed by atoms with Crippen molar-refractivity contribution < 1.29 is 19.1 Å². The van der Waals surface area contributed by atoms with E-state index in [4.69, 9.17) is 4.74 Å². The SMILES string of the molecule is CC=CC(=O)N1CCCN1C(=O)Nc1cccc(C(=O)OCC)c1. The van der Waals surface area contributed by atoms with E-state index in [0.29, 0.717) is 24.3 Å². The number of nitrogens with zero attached hydrogens (tertiary/aromatic N) is 2. The topological polar surface area (TPSA) is 79.0 Å². The van der Waals surface area contributed by atoms with Gasteiger partial charge in [-0.3, -0.25) is 4.79 Å². The molecule has 2 rings (SSSR count). The van der Waals surface area contributed by atoms with Crippen molar-refractivity contribution in [2.24, 2.45) is 0 Å². The number of amides is 3. The summed E-state index contributed by atoms with van der Waals surface area (Å²) in [6.07, 6.45) is 3.78. The molecule has 1 fully saturated rings. The zero-order valence-corrected chi connectivity index (χ0v) is 13.8. The van der Waals surface area contributed by atoms with Gasteiger partial charge < -0.3 is 10.1 Å². The largest absolute Gasteiger partial charge is 0.462 e. The molecule has 7 nitrogen and oxygen atoms in total. The second kappa shape index (κ2) is 8.14. The average molecular weight is 331 g/mol. The highest BCUT2D eigenvalue weighted by Gasteiger charge is 2.29. The molecule has 0 bridgehead atoms. The summed E-state index contributed by atoms with van der Waals surface area (Å²) in [6.45, 7) is 4.73. The third-order valence-electron chi connectivity index (χ3n) is 3.45. The first-order valence-corrected chi connectivity index (χ1v) is 7.86. The molecule has 128 valence electrons. The summed E-state index contributed by atoms with van der Waals surface area (Å²) < 4.78 is 4.94. The van der Waals surface area contributed by atoms with Crippen LogP contribution in [0.3, 0.4) is 0 Å². The first-order chi connectivity index (χ1) is 11.6. The fourth-order valence-electron chi connectivity index (χ4n) is 2.41. The van der Waals surface area contributed by atoms with Gasteiger partial charge in [-0.05, 0) is 38.5 Å². The van der Waals surface area contributed by atoms with E-state index in [2.05, 4.69) is 5.32 Å². The number of anilines is 1. The predicted octanol–water partition coefficient (Wildman–Crippen LogP) is 2.42. The lowest BCUT2D eigenvalue weighted by Crippen LogP contribution is -2.46. The molecule has 24 heavy (non-hydrogen) atoms. The molecule has 1 heterocycles. The number of carbonyl (C=O) groups excluding carboxylic acids is 3. The van der Waals surface area contributed by atoms with Gasteiger partial charge in [0.05, 0.1) is 12.2 Å². The number of benzene rings is 1. The lowest BCUT2D eigenvalue weighted by molar-refractivity contribution is -0.134. The lowest BCUT2D eigenvalue weighted by atomic mass is 10.2. The summed E-state index contributed by atoms with van der Waals surface area (Å²) in [6, 6.07) is 6.09. The quantitative estimate of drug-likeness (QED) is 0.679. The van der Waals surface area contributed by atoms with Crippen molar-refractivity contribution in [2.75, 3.05) is 25.0 Å². The molecule has 0 spiro atoms. The van der Waals surface area contributed by atoms with Crippen molar-refractivity contribution in [3.8, 4) is 0 Å². The number of hydrogen-bond acceptors (Lipinski definition) is 4. The van der Waals surface area contributed by atoms with Crippen molar-refractivity contribution in [2.45, 2.75) is 20.3 Å². The Hall–Kier alpha value is -2.83. The van der Waals surface area contributed by atoms with E-state index in [1.54, 1.807) is 44.2 Å². The van der Waals surface area contributed by atoms with Crippen molar-refractivity contribution in [1.29, 1.82) is 0 Å². The minimum Gasteiger partial charge on any atom is -0.462 e. The van der Waals surface area contributed by atoms with E-state index in [-0.39, 0.29) is 12.5 Å². The zero-order valence-electron chi connectivity index (χ0n) is 13.8. The Kier molecular flexibility index (Phi) is 5.95. The maximum Gasteiger partial charge on any atom is 0.340 e. The highest BCUT2D eigenvalue weighted by atomic mass is 16.5. The van der Waals surface area contributed by atoms with Crippen LogP contribution in [0.2, 0.25) is 0 Å². The molecule has 0 aromatic heterocycles. The van der Waals surface area contributed by atoms with Crippen LogP contribution in [0.4, 0.5) is 10.5 Å². The molecule has 0 unspecified atom stereocenters. The Morgan fingerprint density at radius 3 is 2.71 bits per heavy atom. The fraction of sp³-hybridized carbons (Fsp3) is 0.353. The molecule has 1 aliphatic rings. The Balaban J connectivity index is 2.07. The summed E-state index contributed by atoms with van der Waals surface area (Å²) in [5.74, 6) is -0.676. The van der Waals surface area contributed by atoms with E-state index < -0.39 is 12.0 Å². The molecule has 1 aromatic rings. The van der Waals surface area contributed by atoms with Crippen molar-refractivity contribution in [3.05, 3.63) is 42.0 Å². The van der Waals surface area contributed by atoms with E-state index in [1.165, 1.54) is 16.1 Å². The Morgan fingerprint density at radius 2 is 2.00 bits per heavy atom. The standard InChI is InChI=1S/C17H21N3O4/c1-3-7-15(21)19-10-6-11-20(19)17(23)18-14-9-5-8-13(12-14)16(22)24-4-2/h3,5,7-9,12H,4,6,10-11H2,1-2H3,(H,18,23). The lowest BCUT2D eigenvalue weighted by Gasteiger charge is -2.27. The number of urea groups is 1. The van der Waals surface area contributed by atoms with Crippen LogP contribution in [0.25, 0.3) is 0 Å². The normalized spacial score (nSPS) is 14.1. The van der Waals surface area contributed by atoms with E-state index in [9.17, 15) is 14.4 Å². The number of hydrogen-bond donors (Lipinski definition) is 1. The highest BCUT2D eigenvalue weighted by molar-refractivity contribution is 5.95. The Morgan fingerprint density at radius 1 is 1.25 bits per heavy atom. The van der Waals surface area contributed by atoms with Crippen molar-refractivity contribution in [3.63, 3.8) is 0 Å². The molecule has 1 N–H and O–H groups in total. The maximum absolute atomic E-state index is 12.4. The van der Waals surface area contributed by atoms with Crippen LogP contribution in [0.1, 0.15) is 30.6 Å². The van der Waals surface area contributed by atoms with E-state index in [1.807, 2.05) is 0 Å². The van der Waals surface area contributed by atoms with Gasteiger partial charge in [-0.2, -0.15) is 0 Å². The van der Waals surface area contributed by atoms with E-state index in [0.717, 1.165) is 6.42 Å². The molecular weight excluding hydrogens is 310 g/mol. The predicted molar refractivity (Wildman–Crippen MR) is 89.3 cm³/mol. The summed E-state index contributed by atoms with van der Waals surface area (Å²) in [5, 5.41) is 5.49. The van der Waals surface area contributed by atoms with Crippen LogP contribution < -0.4 is 5.32 Å². The van der Waals surface area contributed by atoms with Crippen molar-refractivity contribution in [1.82, 2.24) is 10.0 Å². The minimum atomic E-state index is -0.445. The molecule has 1 aliphatic heterocycles. The molecule has 1 aromatic carbocycles. The number of allylic oxidation sites excluding steroid dienone is 1. The summed E-state index contributed by atoms with van der Waals surface area (Å²) in [5.41, 5.74) is 0.828. The Bertz CT molecular complexity index is 657. The summed E-state index contributed by atoms with van der Waals surface area (Å²) in [7, 11) is 0. The zero-order chi connectivity index (χ0) is 17.5. The number of carbonyl (C=O) groups is 3. The fourth-order valence-corrected chi connectivity index (χ4v) is 2.41. The van der Waals surface area contributed by atoms with Crippen LogP contribution in [0.5, 0.6) is 0 Å². The first kappa shape index (κ1) is 17.5. The number of nitrogens with one attached hydrogen (secondary N) is 1. The van der Waals surface area contributed by atoms with Crippen molar-refractivity contribution >= 4 is 23.6 Å². The van der Waals surface area contributed by atoms with Gasteiger partial charge in [0, 0.05) is 24.9 Å². The van der Waals surface area contributed by atoms with Crippen LogP contribution >= 0.6 is 0 Å². The molecule has 0 atom stereocenters. The number of esters is 1. The second-order valence-corrected chi connectivity index (χ2v) is 5.17. The molecule has 7 heteroatoms.